The quantitative estimate of drug-likeness (QED) is 0.120. The molecule has 2 heterocycles. The number of hydrogen-bond acceptors (Lipinski definition) is 2. The molecule has 1 N–H and O–H groups in total. The molecule has 2 aliphatic rings. The highest BCUT2D eigenvalue weighted by Crippen LogP contribution is 2.52. The molecule has 0 aliphatic carbocycles. The largest absolute Gasteiger partial charge is 0.355 e. The summed E-state index contributed by atoms with van der Waals surface area (Å²) in [6.45, 7) is 7.04. The van der Waals surface area contributed by atoms with Gasteiger partial charge in [0.15, 0.2) is 7.28 Å². The maximum atomic E-state index is 3.93. The molecule has 1 radical (unpaired) electrons. The van der Waals surface area contributed by atoms with E-state index in [0.29, 0.717) is 0 Å². The van der Waals surface area contributed by atoms with Crippen molar-refractivity contribution in [1.82, 2.24) is 0 Å². The lowest BCUT2D eigenvalue weighted by molar-refractivity contribution is 0.632. The van der Waals surface area contributed by atoms with E-state index in [1.807, 2.05) is 0 Å². The van der Waals surface area contributed by atoms with Crippen LogP contribution in [0.1, 0.15) is 56.7 Å². The minimum atomic E-state index is -0.102. The zero-order valence-electron chi connectivity index (χ0n) is 30.9. The molecule has 0 atom stereocenters. The predicted octanol–water partition coefficient (Wildman–Crippen LogP) is 12.2. The molecule has 0 fully saturated rings. The predicted molar refractivity (Wildman–Crippen MR) is 228 cm³/mol. The fraction of sp³-hybridized carbons (Fsp3) is 0.160. The first kappa shape index (κ1) is 33.1. The number of nitrogens with zero attached hydrogens (tertiary/aromatic N) is 1. The van der Waals surface area contributed by atoms with E-state index in [1.54, 1.807) is 0 Å². The molecule has 0 unspecified atom stereocenters. The standard InChI is InChI=1S/C50H44BN2/c1-4-5-8-18-34-29-41(48-47(30-34)53-46-28-16-14-24-42(46)50(2,3)43-25-17-26-44(51-48)49(43)53)40-23-13-15-27-45(40)52-39-32-37(35-19-9-6-10-20-35)31-38(33-39)36-21-11-7-12-22-36/h6-7,9-17,19-33,52H,4-5,8,18H2,1-3H3. The molecule has 9 rings (SSSR count). The van der Waals surface area contributed by atoms with Crippen LogP contribution in [0.15, 0.2) is 158 Å². The number of para-hydroxylation sites is 3. The van der Waals surface area contributed by atoms with E-state index >= 15 is 0 Å². The lowest BCUT2D eigenvalue weighted by atomic mass is 9.55. The van der Waals surface area contributed by atoms with Crippen molar-refractivity contribution in [2.75, 3.05) is 10.2 Å². The average molecular weight is 684 g/mol. The zero-order valence-corrected chi connectivity index (χ0v) is 30.9. The van der Waals surface area contributed by atoms with Crippen molar-refractivity contribution >= 4 is 46.6 Å². The highest BCUT2D eigenvalue weighted by atomic mass is 15.2. The summed E-state index contributed by atoms with van der Waals surface area (Å²) in [4.78, 5) is 2.57. The number of unbranched alkanes of at least 4 members (excludes halogenated alkanes) is 2. The molecule has 0 saturated carbocycles. The molecule has 0 bridgehead atoms. The molecule has 0 aromatic heterocycles. The second kappa shape index (κ2) is 13.6. The fourth-order valence-corrected chi connectivity index (χ4v) is 8.56. The number of fused-ring (bicyclic) bond motifs is 4. The van der Waals surface area contributed by atoms with Crippen molar-refractivity contribution in [3.63, 3.8) is 0 Å². The van der Waals surface area contributed by atoms with Crippen LogP contribution in [0, 0.1) is 0 Å². The van der Waals surface area contributed by atoms with Crippen LogP contribution in [0.5, 0.6) is 0 Å². The summed E-state index contributed by atoms with van der Waals surface area (Å²) in [5, 5.41) is 3.93. The van der Waals surface area contributed by atoms with Crippen molar-refractivity contribution in [3.8, 4) is 33.4 Å². The van der Waals surface area contributed by atoms with Crippen molar-refractivity contribution in [2.45, 2.75) is 51.9 Å². The molecule has 2 nitrogen and oxygen atoms in total. The van der Waals surface area contributed by atoms with Crippen LogP contribution in [-0.4, -0.2) is 7.28 Å². The summed E-state index contributed by atoms with van der Waals surface area (Å²) < 4.78 is 0. The second-order valence-electron chi connectivity index (χ2n) is 15.1. The third kappa shape index (κ3) is 5.95. The monoisotopic (exact) mass is 683 g/mol. The van der Waals surface area contributed by atoms with Crippen LogP contribution >= 0.6 is 0 Å². The fourth-order valence-electron chi connectivity index (χ4n) is 8.56. The zero-order chi connectivity index (χ0) is 35.9. The number of rotatable bonds is 9. The van der Waals surface area contributed by atoms with E-state index in [9.17, 15) is 0 Å². The molecule has 0 amide bonds. The number of hydrogen-bond donors (Lipinski definition) is 1. The average Bonchev–Trinajstić information content (AvgIpc) is 3.20. The van der Waals surface area contributed by atoms with Crippen LogP contribution in [0.2, 0.25) is 0 Å². The van der Waals surface area contributed by atoms with Crippen molar-refractivity contribution in [3.05, 3.63) is 174 Å². The summed E-state index contributed by atoms with van der Waals surface area (Å²) in [5.74, 6) is 0. The van der Waals surface area contributed by atoms with Crippen molar-refractivity contribution < 1.29 is 0 Å². The number of anilines is 5. The highest BCUT2D eigenvalue weighted by Gasteiger charge is 2.41. The van der Waals surface area contributed by atoms with Crippen LogP contribution in [0.3, 0.4) is 0 Å². The van der Waals surface area contributed by atoms with Gasteiger partial charge in [-0.3, -0.25) is 0 Å². The highest BCUT2D eigenvalue weighted by molar-refractivity contribution is 6.73. The van der Waals surface area contributed by atoms with Gasteiger partial charge < -0.3 is 10.2 Å². The minimum absolute atomic E-state index is 0.102. The van der Waals surface area contributed by atoms with Gasteiger partial charge in [0.05, 0.1) is 5.69 Å². The summed E-state index contributed by atoms with van der Waals surface area (Å²) in [5.41, 5.74) is 19.8. The summed E-state index contributed by atoms with van der Waals surface area (Å²) in [6, 6.07) is 57.9. The van der Waals surface area contributed by atoms with Gasteiger partial charge in [-0.15, -0.1) is 0 Å². The maximum absolute atomic E-state index is 3.93. The summed E-state index contributed by atoms with van der Waals surface area (Å²) in [6.07, 6.45) is 4.67. The normalized spacial score (nSPS) is 13.4. The first-order valence-electron chi connectivity index (χ1n) is 19.2. The van der Waals surface area contributed by atoms with Crippen molar-refractivity contribution in [1.29, 1.82) is 0 Å². The molecule has 2 aliphatic heterocycles. The van der Waals surface area contributed by atoms with E-state index in [0.717, 1.165) is 17.8 Å². The number of benzene rings is 7. The Labute approximate surface area is 315 Å². The van der Waals surface area contributed by atoms with E-state index < -0.39 is 0 Å². The van der Waals surface area contributed by atoms with Crippen LogP contribution in [-0.2, 0) is 11.8 Å². The van der Waals surface area contributed by atoms with Gasteiger partial charge in [-0.25, -0.2) is 0 Å². The van der Waals surface area contributed by atoms with Crippen molar-refractivity contribution in [2.24, 2.45) is 0 Å². The third-order valence-electron chi connectivity index (χ3n) is 11.3. The van der Waals surface area contributed by atoms with Crippen LogP contribution in [0.4, 0.5) is 28.4 Å². The Morgan fingerprint density at radius 2 is 1.23 bits per heavy atom. The Hall–Kier alpha value is -5.80. The van der Waals surface area contributed by atoms with E-state index in [-0.39, 0.29) is 5.41 Å². The Bertz CT molecular complexity index is 2390. The first-order valence-corrected chi connectivity index (χ1v) is 19.2. The van der Waals surface area contributed by atoms with Gasteiger partial charge in [0.25, 0.3) is 0 Å². The molecule has 7 aromatic rings. The van der Waals surface area contributed by atoms with E-state index in [4.69, 9.17) is 0 Å². The summed E-state index contributed by atoms with van der Waals surface area (Å²) in [7, 11) is 2.44. The van der Waals surface area contributed by atoms with Gasteiger partial charge >= 0.3 is 0 Å². The van der Waals surface area contributed by atoms with E-state index in [1.165, 1.54) is 97.3 Å². The molecule has 53 heavy (non-hydrogen) atoms. The van der Waals surface area contributed by atoms with Gasteiger partial charge in [-0.05, 0) is 99.2 Å². The van der Waals surface area contributed by atoms with Gasteiger partial charge in [0.2, 0.25) is 0 Å². The molecule has 7 aromatic carbocycles. The first-order chi connectivity index (χ1) is 26.0. The van der Waals surface area contributed by atoms with Gasteiger partial charge in [0, 0.05) is 33.7 Å². The Morgan fingerprint density at radius 1 is 0.566 bits per heavy atom. The van der Waals surface area contributed by atoms with Gasteiger partial charge in [-0.2, -0.15) is 0 Å². The summed E-state index contributed by atoms with van der Waals surface area (Å²) >= 11 is 0. The smallest absolute Gasteiger partial charge is 0.197 e. The second-order valence-corrected chi connectivity index (χ2v) is 15.1. The molecule has 257 valence electrons. The Morgan fingerprint density at radius 3 is 1.96 bits per heavy atom. The SMILES string of the molecule is CCCCCc1cc(-c2ccccc2Nc2cc(-c3ccccc3)cc(-c3ccccc3)c2)c2c(c1)N1c3ccccc3C(C)(C)c3cccc(c31)[B]2. The Balaban J connectivity index is 1.21. The van der Waals surface area contributed by atoms with Crippen LogP contribution in [0.25, 0.3) is 33.4 Å². The topological polar surface area (TPSA) is 15.3 Å². The van der Waals surface area contributed by atoms with Gasteiger partial charge in [0.1, 0.15) is 0 Å². The van der Waals surface area contributed by atoms with Crippen LogP contribution < -0.4 is 21.1 Å². The number of aryl methyl sites for hydroxylation is 1. The number of nitrogens with one attached hydrogen (secondary N) is 1. The third-order valence-corrected chi connectivity index (χ3v) is 11.3. The lowest BCUT2D eigenvalue weighted by Crippen LogP contribution is -2.45. The lowest BCUT2D eigenvalue weighted by Gasteiger charge is -2.46. The molecular weight excluding hydrogens is 639 g/mol. The molecule has 3 heteroatoms. The molecule has 0 spiro atoms. The minimum Gasteiger partial charge on any atom is -0.355 e. The molecular formula is C50H44BN2. The van der Waals surface area contributed by atoms with Gasteiger partial charge in [-0.1, -0.05) is 160 Å². The Kier molecular flexibility index (Phi) is 8.51. The van der Waals surface area contributed by atoms with E-state index in [2.05, 4.69) is 196 Å². The molecule has 0 saturated heterocycles. The maximum Gasteiger partial charge on any atom is 0.197 e.